The summed E-state index contributed by atoms with van der Waals surface area (Å²) < 4.78 is 0. The van der Waals surface area contributed by atoms with Crippen molar-refractivity contribution in [3.8, 4) is 0 Å². The van der Waals surface area contributed by atoms with E-state index in [1.807, 2.05) is 0 Å². The van der Waals surface area contributed by atoms with Crippen LogP contribution in [-0.2, 0) is 0 Å². The van der Waals surface area contributed by atoms with E-state index in [1.54, 1.807) is 0 Å². The molecule has 0 unspecified atom stereocenters. The fourth-order valence-electron chi connectivity index (χ4n) is 0.652. The lowest BCUT2D eigenvalue weighted by Crippen LogP contribution is -2.22. The van der Waals surface area contributed by atoms with Gasteiger partial charge in [-0.2, -0.15) is 4.99 Å². The number of carboxylic acids is 1. The van der Waals surface area contributed by atoms with Gasteiger partial charge in [-0.1, -0.05) is 0 Å². The number of carboxylic acid groups (broad SMARTS) is 1. The standard InChI is InChI=1S/C5H7N5O2/c6-5(7)10-3-2(4(11)12)8-1-9-3/h1H,(H,8,9)(H,11,12)(H4,6,7,10). The van der Waals surface area contributed by atoms with E-state index >= 15 is 0 Å². The molecule has 12 heavy (non-hydrogen) atoms. The summed E-state index contributed by atoms with van der Waals surface area (Å²) in [6.45, 7) is 0. The topological polar surface area (TPSA) is 130 Å². The second-order valence-electron chi connectivity index (χ2n) is 1.94. The molecule has 6 N–H and O–H groups in total. The fourth-order valence-corrected chi connectivity index (χ4v) is 0.652. The van der Waals surface area contributed by atoms with Crippen molar-refractivity contribution in [1.29, 1.82) is 0 Å². The van der Waals surface area contributed by atoms with Crippen molar-refractivity contribution in [3.63, 3.8) is 0 Å². The van der Waals surface area contributed by atoms with Crippen LogP contribution in [0.25, 0.3) is 0 Å². The number of guanidine groups is 1. The molecule has 0 aliphatic carbocycles. The number of nitrogens with zero attached hydrogens (tertiary/aromatic N) is 2. The van der Waals surface area contributed by atoms with Crippen LogP contribution in [0, 0.1) is 0 Å². The first kappa shape index (κ1) is 8.05. The Morgan fingerprint density at radius 2 is 2.33 bits per heavy atom. The minimum atomic E-state index is -1.16. The maximum Gasteiger partial charge on any atom is 0.356 e. The Labute approximate surface area is 67.1 Å². The van der Waals surface area contributed by atoms with Crippen LogP contribution in [0.5, 0.6) is 0 Å². The highest BCUT2D eigenvalue weighted by Gasteiger charge is 2.11. The predicted octanol–water partition coefficient (Wildman–Crippen LogP) is -0.987. The first-order valence-corrected chi connectivity index (χ1v) is 2.97. The first-order chi connectivity index (χ1) is 5.61. The van der Waals surface area contributed by atoms with Gasteiger partial charge in [0, 0.05) is 0 Å². The van der Waals surface area contributed by atoms with Gasteiger partial charge in [0.25, 0.3) is 0 Å². The van der Waals surface area contributed by atoms with Crippen molar-refractivity contribution in [2.24, 2.45) is 16.5 Å². The Kier molecular flexibility index (Phi) is 1.95. The lowest BCUT2D eigenvalue weighted by molar-refractivity contribution is 0.0692. The van der Waals surface area contributed by atoms with Gasteiger partial charge in [0.15, 0.2) is 17.5 Å². The summed E-state index contributed by atoms with van der Waals surface area (Å²) in [5.41, 5.74) is 9.93. The highest BCUT2D eigenvalue weighted by atomic mass is 16.4. The lowest BCUT2D eigenvalue weighted by Gasteiger charge is -1.90. The number of nitrogens with two attached hydrogens (primary N) is 2. The molecule has 0 aliphatic rings. The zero-order chi connectivity index (χ0) is 9.14. The molecule has 0 saturated heterocycles. The zero-order valence-corrected chi connectivity index (χ0v) is 5.98. The summed E-state index contributed by atoms with van der Waals surface area (Å²) in [6, 6.07) is 0. The Hall–Kier alpha value is -2.05. The zero-order valence-electron chi connectivity index (χ0n) is 5.98. The van der Waals surface area contributed by atoms with Gasteiger partial charge in [-0.05, 0) is 0 Å². The van der Waals surface area contributed by atoms with E-state index in [1.165, 1.54) is 6.33 Å². The third-order valence-corrected chi connectivity index (χ3v) is 1.07. The molecule has 7 heteroatoms. The van der Waals surface area contributed by atoms with Crippen molar-refractivity contribution in [2.45, 2.75) is 0 Å². The molecule has 0 saturated carbocycles. The number of aromatic amines is 1. The maximum atomic E-state index is 10.4. The summed E-state index contributed by atoms with van der Waals surface area (Å²) >= 11 is 0. The number of aromatic nitrogens is 2. The Bertz CT molecular complexity index is 324. The maximum absolute atomic E-state index is 10.4. The Morgan fingerprint density at radius 3 is 2.83 bits per heavy atom. The van der Waals surface area contributed by atoms with E-state index in [4.69, 9.17) is 16.6 Å². The SMILES string of the molecule is NC(N)=Nc1nc[nH]c1C(=O)O. The highest BCUT2D eigenvalue weighted by molar-refractivity contribution is 5.91. The largest absolute Gasteiger partial charge is 0.476 e. The van der Waals surface area contributed by atoms with Crippen LogP contribution < -0.4 is 11.5 Å². The number of imidazole rings is 1. The number of rotatable bonds is 2. The molecule has 1 aromatic rings. The number of carbonyl (C=O) groups is 1. The molecule has 1 heterocycles. The average molecular weight is 169 g/mol. The summed E-state index contributed by atoms with van der Waals surface area (Å²) in [4.78, 5) is 19.9. The van der Waals surface area contributed by atoms with Crippen molar-refractivity contribution >= 4 is 17.7 Å². The molecular formula is C5H7N5O2. The molecule has 0 fully saturated rings. The van der Waals surface area contributed by atoms with Gasteiger partial charge in [-0.3, -0.25) is 0 Å². The highest BCUT2D eigenvalue weighted by Crippen LogP contribution is 2.11. The van der Waals surface area contributed by atoms with Crippen LogP contribution in [0.4, 0.5) is 5.82 Å². The third-order valence-electron chi connectivity index (χ3n) is 1.07. The van der Waals surface area contributed by atoms with Gasteiger partial charge in [0.2, 0.25) is 0 Å². The summed E-state index contributed by atoms with van der Waals surface area (Å²) in [6.07, 6.45) is 1.20. The number of hydrogen-bond acceptors (Lipinski definition) is 3. The van der Waals surface area contributed by atoms with E-state index in [0.29, 0.717) is 0 Å². The van der Waals surface area contributed by atoms with Crippen LogP contribution in [0.3, 0.4) is 0 Å². The molecule has 0 bridgehead atoms. The van der Waals surface area contributed by atoms with E-state index in [-0.39, 0.29) is 17.5 Å². The molecular weight excluding hydrogens is 162 g/mol. The molecule has 64 valence electrons. The number of hydrogen-bond donors (Lipinski definition) is 4. The number of aromatic carboxylic acids is 1. The molecule has 0 aromatic carbocycles. The number of aliphatic imine (C=N–C) groups is 1. The normalized spacial score (nSPS) is 9.33. The van der Waals surface area contributed by atoms with Crippen LogP contribution in [0.15, 0.2) is 11.3 Å². The van der Waals surface area contributed by atoms with Gasteiger partial charge in [0.1, 0.15) is 0 Å². The van der Waals surface area contributed by atoms with Gasteiger partial charge in [-0.25, -0.2) is 9.78 Å². The molecule has 0 spiro atoms. The third kappa shape index (κ3) is 1.51. The molecule has 1 rings (SSSR count). The Morgan fingerprint density at radius 1 is 1.67 bits per heavy atom. The van der Waals surface area contributed by atoms with Crippen molar-refractivity contribution in [3.05, 3.63) is 12.0 Å². The van der Waals surface area contributed by atoms with Gasteiger partial charge >= 0.3 is 5.97 Å². The average Bonchev–Trinajstić information content (AvgIpc) is 2.33. The smallest absolute Gasteiger partial charge is 0.356 e. The molecule has 0 atom stereocenters. The van der Waals surface area contributed by atoms with Crippen molar-refractivity contribution < 1.29 is 9.90 Å². The van der Waals surface area contributed by atoms with Gasteiger partial charge in [-0.15, -0.1) is 0 Å². The van der Waals surface area contributed by atoms with Crippen LogP contribution in [-0.4, -0.2) is 27.0 Å². The second-order valence-corrected chi connectivity index (χ2v) is 1.94. The summed E-state index contributed by atoms with van der Waals surface area (Å²) in [5, 5.41) is 8.55. The predicted molar refractivity (Wildman–Crippen MR) is 41.0 cm³/mol. The van der Waals surface area contributed by atoms with E-state index in [0.717, 1.165) is 0 Å². The molecule has 0 aliphatic heterocycles. The molecule has 0 amide bonds. The van der Waals surface area contributed by atoms with Crippen molar-refractivity contribution in [2.75, 3.05) is 0 Å². The van der Waals surface area contributed by atoms with Crippen LogP contribution in [0.1, 0.15) is 10.5 Å². The van der Waals surface area contributed by atoms with E-state index < -0.39 is 5.97 Å². The number of nitrogens with one attached hydrogen (secondary N) is 1. The first-order valence-electron chi connectivity index (χ1n) is 2.97. The Balaban J connectivity index is 3.08. The fraction of sp³-hybridized carbons (Fsp3) is 0. The quantitative estimate of drug-likeness (QED) is 0.333. The monoisotopic (exact) mass is 169 g/mol. The minimum Gasteiger partial charge on any atom is -0.476 e. The van der Waals surface area contributed by atoms with Crippen LogP contribution in [0.2, 0.25) is 0 Å². The van der Waals surface area contributed by atoms with E-state index in [9.17, 15) is 4.79 Å². The van der Waals surface area contributed by atoms with Gasteiger partial charge in [0.05, 0.1) is 6.33 Å². The number of H-pyrrole nitrogens is 1. The molecule has 7 nitrogen and oxygen atoms in total. The van der Waals surface area contributed by atoms with Crippen LogP contribution >= 0.6 is 0 Å². The van der Waals surface area contributed by atoms with Crippen molar-refractivity contribution in [1.82, 2.24) is 9.97 Å². The molecule has 1 aromatic heterocycles. The second kappa shape index (κ2) is 2.91. The summed E-state index contributed by atoms with van der Waals surface area (Å²) in [7, 11) is 0. The summed E-state index contributed by atoms with van der Waals surface area (Å²) in [5.74, 6) is -1.42. The lowest BCUT2D eigenvalue weighted by atomic mass is 10.4. The van der Waals surface area contributed by atoms with Gasteiger partial charge < -0.3 is 21.6 Å². The van der Waals surface area contributed by atoms with E-state index in [2.05, 4.69) is 15.0 Å². The minimum absolute atomic E-state index is 0.0255. The molecule has 0 radical (unpaired) electrons.